The van der Waals surface area contributed by atoms with E-state index >= 15 is 0 Å². The number of anilines is 2. The van der Waals surface area contributed by atoms with Crippen molar-refractivity contribution in [1.29, 1.82) is 0 Å². The van der Waals surface area contributed by atoms with Crippen LogP contribution in [0.4, 0.5) is 11.6 Å². The van der Waals surface area contributed by atoms with E-state index < -0.39 is 0 Å². The molecule has 1 aliphatic rings. The van der Waals surface area contributed by atoms with Crippen LogP contribution in [-0.2, 0) is 0 Å². The van der Waals surface area contributed by atoms with Crippen molar-refractivity contribution in [1.82, 2.24) is 28.8 Å². The largest absolute Gasteiger partial charge is 0.493 e. The maximum Gasteiger partial charge on any atom is 0.270 e. The minimum Gasteiger partial charge on any atom is -0.493 e. The number of likely N-dealkylation sites (tertiary alicyclic amines) is 1. The summed E-state index contributed by atoms with van der Waals surface area (Å²) >= 11 is 0. The molecule has 4 heterocycles. The van der Waals surface area contributed by atoms with E-state index in [1.54, 1.807) is 10.8 Å². The molecule has 0 radical (unpaired) electrons. The lowest BCUT2D eigenvalue weighted by atomic mass is 10.1. The molecule has 1 fully saturated rings. The van der Waals surface area contributed by atoms with E-state index in [4.69, 9.17) is 14.7 Å². The van der Waals surface area contributed by atoms with E-state index in [-0.39, 0.29) is 5.56 Å². The number of benzene rings is 3. The molecule has 0 amide bonds. The van der Waals surface area contributed by atoms with Crippen LogP contribution in [0.5, 0.6) is 5.75 Å². The van der Waals surface area contributed by atoms with E-state index in [1.807, 2.05) is 85.0 Å². The molecule has 0 saturated carbocycles. The molecular weight excluding hydrogens is 538 g/mol. The molecule has 3 aromatic heterocycles. The number of fused-ring (bicyclic) bond motifs is 5. The van der Waals surface area contributed by atoms with Crippen molar-refractivity contribution in [2.45, 2.75) is 39.5 Å². The summed E-state index contributed by atoms with van der Waals surface area (Å²) in [5, 5.41) is 3.73. The van der Waals surface area contributed by atoms with E-state index in [9.17, 15) is 4.79 Å². The number of ether oxygens (including phenoxy) is 1. The molecule has 9 nitrogen and oxygen atoms in total. The lowest BCUT2D eigenvalue weighted by Crippen LogP contribution is -2.31. The van der Waals surface area contributed by atoms with Gasteiger partial charge in [-0.25, -0.2) is 14.5 Å². The fourth-order valence-electron chi connectivity index (χ4n) is 6.15. The van der Waals surface area contributed by atoms with Crippen molar-refractivity contribution < 1.29 is 4.74 Å². The Morgan fingerprint density at radius 2 is 1.70 bits per heavy atom. The molecule has 0 unspecified atom stereocenters. The maximum absolute atomic E-state index is 14.1. The van der Waals surface area contributed by atoms with Gasteiger partial charge in [0.15, 0.2) is 5.65 Å². The van der Waals surface area contributed by atoms with Crippen LogP contribution in [0.1, 0.15) is 36.8 Å². The maximum atomic E-state index is 14.1. The first-order valence-electron chi connectivity index (χ1n) is 15.0. The van der Waals surface area contributed by atoms with Crippen LogP contribution in [0.25, 0.3) is 33.5 Å². The number of aryl methyl sites for hydroxylation is 2. The van der Waals surface area contributed by atoms with Gasteiger partial charge in [-0.2, -0.15) is 4.98 Å². The molecular formula is C34H35N7O2. The Morgan fingerprint density at radius 3 is 2.53 bits per heavy atom. The Kier molecular flexibility index (Phi) is 7.24. The summed E-state index contributed by atoms with van der Waals surface area (Å²) < 4.78 is 9.71. The molecule has 1 saturated heterocycles. The highest BCUT2D eigenvalue weighted by Crippen LogP contribution is 2.26. The number of hydrogen-bond acceptors (Lipinski definition) is 7. The summed E-state index contributed by atoms with van der Waals surface area (Å²) in [5.41, 5.74) is 5.56. The summed E-state index contributed by atoms with van der Waals surface area (Å²) in [4.78, 5) is 30.9. The first-order valence-corrected chi connectivity index (χ1v) is 15.0. The molecule has 43 heavy (non-hydrogen) atoms. The summed E-state index contributed by atoms with van der Waals surface area (Å²) in [7, 11) is 0. The van der Waals surface area contributed by atoms with E-state index in [2.05, 4.69) is 15.2 Å². The lowest BCUT2D eigenvalue weighted by Gasteiger charge is -2.26. The van der Waals surface area contributed by atoms with Crippen LogP contribution in [0, 0.1) is 13.8 Å². The second-order valence-electron chi connectivity index (χ2n) is 11.3. The fraction of sp³-hybridized carbons (Fsp3) is 0.294. The van der Waals surface area contributed by atoms with Crippen molar-refractivity contribution in [2.24, 2.45) is 0 Å². The highest BCUT2D eigenvalue weighted by atomic mass is 16.5. The molecule has 6 aromatic rings. The Morgan fingerprint density at radius 1 is 0.907 bits per heavy atom. The first kappa shape index (κ1) is 27.1. The molecule has 7 rings (SSSR count). The summed E-state index contributed by atoms with van der Waals surface area (Å²) in [6, 6.07) is 21.7. The first-order chi connectivity index (χ1) is 21.1. The second kappa shape index (κ2) is 11.5. The normalized spacial score (nSPS) is 14.1. The predicted molar refractivity (Wildman–Crippen MR) is 171 cm³/mol. The van der Waals surface area contributed by atoms with E-state index in [1.165, 1.54) is 32.4 Å². The molecule has 1 N–H and O–H groups in total. The van der Waals surface area contributed by atoms with Crippen LogP contribution in [-0.4, -0.2) is 55.1 Å². The third-order valence-corrected chi connectivity index (χ3v) is 8.25. The number of piperidine rings is 1. The van der Waals surface area contributed by atoms with Gasteiger partial charge >= 0.3 is 0 Å². The van der Waals surface area contributed by atoms with Crippen molar-refractivity contribution in [3.8, 4) is 11.4 Å². The van der Waals surface area contributed by atoms with Crippen molar-refractivity contribution >= 4 is 39.5 Å². The molecule has 0 atom stereocenters. The average Bonchev–Trinajstić information content (AvgIpc) is 3.41. The van der Waals surface area contributed by atoms with E-state index in [0.29, 0.717) is 29.4 Å². The lowest BCUT2D eigenvalue weighted by molar-refractivity contribution is 0.205. The number of para-hydroxylation sites is 3. The van der Waals surface area contributed by atoms with Gasteiger partial charge in [0.05, 0.1) is 23.3 Å². The molecule has 0 bridgehead atoms. The van der Waals surface area contributed by atoms with Gasteiger partial charge in [-0.15, -0.1) is 0 Å². The van der Waals surface area contributed by atoms with Gasteiger partial charge in [-0.05, 0) is 81.6 Å². The molecule has 0 spiro atoms. The predicted octanol–water partition coefficient (Wildman–Crippen LogP) is 6.20. The number of imidazole rings is 1. The van der Waals surface area contributed by atoms with Gasteiger partial charge < -0.3 is 15.0 Å². The molecule has 3 aromatic carbocycles. The summed E-state index contributed by atoms with van der Waals surface area (Å²) in [6.45, 7) is 8.16. The third-order valence-electron chi connectivity index (χ3n) is 8.25. The van der Waals surface area contributed by atoms with E-state index in [0.717, 1.165) is 52.3 Å². The summed E-state index contributed by atoms with van der Waals surface area (Å²) in [6.07, 6.45) is 6.56. The highest BCUT2D eigenvalue weighted by Gasteiger charge is 2.20. The number of rotatable bonds is 8. The quantitative estimate of drug-likeness (QED) is 0.217. The number of aromatic nitrogens is 5. The van der Waals surface area contributed by atoms with Gasteiger partial charge in [0.2, 0.25) is 11.7 Å². The Balaban J connectivity index is 1.23. The molecule has 218 valence electrons. The molecule has 9 heteroatoms. The van der Waals surface area contributed by atoms with Crippen LogP contribution in [0.3, 0.4) is 0 Å². The minimum absolute atomic E-state index is 0.207. The SMILES string of the molecule is Cc1cccc(C)c1-n1c(=O)c2cnc(Nc3cccc(OCCCN4CCCCC4)c3)nc2n2c3ccccc3nc12. The Labute approximate surface area is 249 Å². The van der Waals surface area contributed by atoms with Gasteiger partial charge in [0, 0.05) is 24.5 Å². The minimum atomic E-state index is -0.207. The zero-order valence-corrected chi connectivity index (χ0v) is 24.6. The molecule has 0 aliphatic carbocycles. The standard InChI is InChI=1S/C34H35N7O2/c1-23-11-8-12-24(2)30(23)41-32(42)27-22-35-33(38-31(27)40-29-16-5-4-15-28(29)37-34(40)41)36-25-13-9-14-26(21-25)43-20-10-19-39-17-6-3-7-18-39/h4-5,8-9,11-16,21-22H,3,6-7,10,17-20H2,1-2H3,(H,35,36,38). The zero-order valence-electron chi connectivity index (χ0n) is 24.6. The van der Waals surface area contributed by atoms with Gasteiger partial charge in [-0.3, -0.25) is 9.20 Å². The topological polar surface area (TPSA) is 89.6 Å². The second-order valence-corrected chi connectivity index (χ2v) is 11.3. The average molecular weight is 574 g/mol. The van der Waals surface area contributed by atoms with Crippen LogP contribution < -0.4 is 15.6 Å². The van der Waals surface area contributed by atoms with Crippen LogP contribution >= 0.6 is 0 Å². The monoisotopic (exact) mass is 573 g/mol. The van der Waals surface area contributed by atoms with Crippen molar-refractivity contribution in [3.63, 3.8) is 0 Å². The Bertz CT molecular complexity index is 1990. The molecule has 1 aliphatic heterocycles. The number of nitrogens with zero attached hydrogens (tertiary/aromatic N) is 6. The van der Waals surface area contributed by atoms with Crippen molar-refractivity contribution in [2.75, 3.05) is 31.6 Å². The van der Waals surface area contributed by atoms with Crippen LogP contribution in [0.2, 0.25) is 0 Å². The number of nitrogens with one attached hydrogen (secondary N) is 1. The van der Waals surface area contributed by atoms with Gasteiger partial charge in [-0.1, -0.05) is 42.8 Å². The van der Waals surface area contributed by atoms with Gasteiger partial charge in [0.1, 0.15) is 11.1 Å². The Hall–Kier alpha value is -4.76. The fourth-order valence-corrected chi connectivity index (χ4v) is 6.15. The highest BCUT2D eigenvalue weighted by molar-refractivity contribution is 5.88. The smallest absolute Gasteiger partial charge is 0.270 e. The zero-order chi connectivity index (χ0) is 29.3. The van der Waals surface area contributed by atoms with Gasteiger partial charge in [0.25, 0.3) is 5.56 Å². The third kappa shape index (κ3) is 5.21. The summed E-state index contributed by atoms with van der Waals surface area (Å²) in [5.74, 6) is 1.70. The van der Waals surface area contributed by atoms with Crippen LogP contribution in [0.15, 0.2) is 77.7 Å². The van der Waals surface area contributed by atoms with Crippen molar-refractivity contribution in [3.05, 3.63) is 94.4 Å². The number of hydrogen-bond donors (Lipinski definition) is 1.